The minimum atomic E-state index is 0.0230. The summed E-state index contributed by atoms with van der Waals surface area (Å²) in [5, 5.41) is 9.96. The van der Waals surface area contributed by atoms with Crippen molar-refractivity contribution < 1.29 is 4.79 Å². The van der Waals surface area contributed by atoms with Crippen LogP contribution in [0.1, 0.15) is 19.4 Å². The largest absolute Gasteiger partial charge is 0.355 e. The number of amides is 1. The molecule has 0 unspecified atom stereocenters. The van der Waals surface area contributed by atoms with Crippen molar-refractivity contribution in [2.75, 3.05) is 13.1 Å². The second-order valence-corrected chi connectivity index (χ2v) is 4.31. The van der Waals surface area contributed by atoms with Gasteiger partial charge in [-0.2, -0.15) is 5.10 Å². The topological polar surface area (TPSA) is 59.0 Å². The van der Waals surface area contributed by atoms with Gasteiger partial charge in [-0.25, -0.2) is 4.68 Å². The predicted molar refractivity (Wildman–Crippen MR) is 68.2 cm³/mol. The maximum Gasteiger partial charge on any atom is 0.233 e. The average molecular weight is 236 g/mol. The van der Waals surface area contributed by atoms with E-state index < -0.39 is 0 Å². The standard InChI is InChI=1S/C12H20N4O/c1-4-16-9-11(7-15-16)6-13-8-12(17)14-5-10(2)3/h4,7,9-10,13H,1,5-6,8H2,2-3H3,(H,14,17). The van der Waals surface area contributed by atoms with Gasteiger partial charge in [-0.3, -0.25) is 4.79 Å². The van der Waals surface area contributed by atoms with Crippen molar-refractivity contribution in [2.24, 2.45) is 5.92 Å². The predicted octanol–water partition coefficient (Wildman–Crippen LogP) is 0.845. The van der Waals surface area contributed by atoms with Gasteiger partial charge in [-0.1, -0.05) is 20.4 Å². The van der Waals surface area contributed by atoms with E-state index in [2.05, 4.69) is 36.2 Å². The zero-order chi connectivity index (χ0) is 12.7. The van der Waals surface area contributed by atoms with Crippen molar-refractivity contribution in [3.8, 4) is 0 Å². The first kappa shape index (κ1) is 13.4. The highest BCUT2D eigenvalue weighted by molar-refractivity contribution is 5.77. The average Bonchev–Trinajstić information content (AvgIpc) is 2.74. The molecule has 0 radical (unpaired) electrons. The first-order chi connectivity index (χ1) is 8.11. The van der Waals surface area contributed by atoms with E-state index in [0.717, 1.165) is 12.1 Å². The van der Waals surface area contributed by atoms with Crippen molar-refractivity contribution in [3.05, 3.63) is 24.5 Å². The fraction of sp³-hybridized carbons (Fsp3) is 0.500. The number of carbonyl (C=O) groups excluding carboxylic acids is 1. The van der Waals surface area contributed by atoms with Crippen LogP contribution in [0.3, 0.4) is 0 Å². The third kappa shape index (κ3) is 5.31. The van der Waals surface area contributed by atoms with Crippen LogP contribution in [0.25, 0.3) is 6.20 Å². The molecular formula is C12H20N4O. The Morgan fingerprint density at radius 2 is 2.41 bits per heavy atom. The van der Waals surface area contributed by atoms with Crippen LogP contribution in [0.15, 0.2) is 19.0 Å². The number of nitrogens with zero attached hydrogens (tertiary/aromatic N) is 2. The first-order valence-corrected chi connectivity index (χ1v) is 5.75. The molecule has 17 heavy (non-hydrogen) atoms. The van der Waals surface area contributed by atoms with Gasteiger partial charge in [0.1, 0.15) is 0 Å². The Morgan fingerprint density at radius 1 is 1.65 bits per heavy atom. The smallest absolute Gasteiger partial charge is 0.233 e. The molecular weight excluding hydrogens is 216 g/mol. The van der Waals surface area contributed by atoms with E-state index in [0.29, 0.717) is 19.0 Å². The number of aromatic nitrogens is 2. The lowest BCUT2D eigenvalue weighted by Crippen LogP contribution is -2.35. The molecule has 0 saturated heterocycles. The molecule has 1 aromatic rings. The van der Waals surface area contributed by atoms with Crippen LogP contribution in [0.4, 0.5) is 0 Å². The Hall–Kier alpha value is -1.62. The summed E-state index contributed by atoms with van der Waals surface area (Å²) in [6.07, 6.45) is 5.24. The maximum atomic E-state index is 11.4. The van der Waals surface area contributed by atoms with E-state index in [-0.39, 0.29) is 5.91 Å². The van der Waals surface area contributed by atoms with E-state index in [4.69, 9.17) is 0 Å². The molecule has 1 amide bonds. The third-order valence-electron chi connectivity index (χ3n) is 2.16. The van der Waals surface area contributed by atoms with Crippen molar-refractivity contribution in [2.45, 2.75) is 20.4 Å². The summed E-state index contributed by atoms with van der Waals surface area (Å²) in [4.78, 5) is 11.4. The van der Waals surface area contributed by atoms with Crippen LogP contribution in [-0.4, -0.2) is 28.8 Å². The summed E-state index contributed by atoms with van der Waals surface area (Å²) in [7, 11) is 0. The van der Waals surface area contributed by atoms with Gasteiger partial charge in [0.25, 0.3) is 0 Å². The third-order valence-corrected chi connectivity index (χ3v) is 2.16. The molecule has 0 fully saturated rings. The highest BCUT2D eigenvalue weighted by atomic mass is 16.1. The summed E-state index contributed by atoms with van der Waals surface area (Å²) in [5.41, 5.74) is 1.03. The molecule has 0 aromatic carbocycles. The molecule has 1 heterocycles. The lowest BCUT2D eigenvalue weighted by Gasteiger charge is -2.07. The van der Waals surface area contributed by atoms with E-state index in [9.17, 15) is 4.79 Å². The molecule has 0 aliphatic carbocycles. The van der Waals surface area contributed by atoms with Gasteiger partial charge in [-0.05, 0) is 5.92 Å². The fourth-order valence-corrected chi connectivity index (χ4v) is 1.27. The van der Waals surface area contributed by atoms with Gasteiger partial charge in [0.2, 0.25) is 5.91 Å². The number of carbonyl (C=O) groups is 1. The van der Waals surface area contributed by atoms with Gasteiger partial charge in [0.05, 0.1) is 12.7 Å². The number of hydrogen-bond acceptors (Lipinski definition) is 3. The van der Waals surface area contributed by atoms with Gasteiger partial charge in [0.15, 0.2) is 0 Å². The number of hydrogen-bond donors (Lipinski definition) is 2. The molecule has 1 rings (SSSR count). The van der Waals surface area contributed by atoms with Gasteiger partial charge >= 0.3 is 0 Å². The number of rotatable bonds is 7. The molecule has 94 valence electrons. The first-order valence-electron chi connectivity index (χ1n) is 5.75. The Labute approximate surface area is 102 Å². The Morgan fingerprint density at radius 3 is 3.00 bits per heavy atom. The Bertz CT molecular complexity index is 370. The van der Waals surface area contributed by atoms with Crippen LogP contribution in [0, 0.1) is 5.92 Å². The monoisotopic (exact) mass is 236 g/mol. The summed E-state index contributed by atoms with van der Waals surface area (Å²) in [6, 6.07) is 0. The van der Waals surface area contributed by atoms with Crippen LogP contribution in [-0.2, 0) is 11.3 Å². The normalized spacial score (nSPS) is 10.5. The van der Waals surface area contributed by atoms with Gasteiger partial charge < -0.3 is 10.6 Å². The van der Waals surface area contributed by atoms with Crippen LogP contribution >= 0.6 is 0 Å². The van der Waals surface area contributed by atoms with Gasteiger partial charge in [-0.15, -0.1) is 0 Å². The second-order valence-electron chi connectivity index (χ2n) is 4.31. The van der Waals surface area contributed by atoms with E-state index in [1.54, 1.807) is 17.1 Å². The molecule has 5 heteroatoms. The molecule has 0 aliphatic rings. The highest BCUT2D eigenvalue weighted by Crippen LogP contribution is 1.96. The van der Waals surface area contributed by atoms with Crippen LogP contribution < -0.4 is 10.6 Å². The molecule has 5 nitrogen and oxygen atoms in total. The minimum absolute atomic E-state index is 0.0230. The zero-order valence-electron chi connectivity index (χ0n) is 10.4. The SMILES string of the molecule is C=Cn1cc(CNCC(=O)NCC(C)C)cn1. The summed E-state index contributed by atoms with van der Waals surface area (Å²) < 4.78 is 1.63. The lowest BCUT2D eigenvalue weighted by molar-refractivity contribution is -0.120. The molecule has 0 saturated carbocycles. The molecule has 0 aliphatic heterocycles. The van der Waals surface area contributed by atoms with E-state index in [1.165, 1.54) is 0 Å². The Balaban J connectivity index is 2.18. The van der Waals surface area contributed by atoms with Crippen molar-refractivity contribution >= 4 is 12.1 Å². The quantitative estimate of drug-likeness (QED) is 0.737. The Kier molecular flexibility index (Phi) is 5.42. The minimum Gasteiger partial charge on any atom is -0.355 e. The van der Waals surface area contributed by atoms with E-state index >= 15 is 0 Å². The lowest BCUT2D eigenvalue weighted by atomic mass is 10.2. The van der Waals surface area contributed by atoms with E-state index in [1.807, 2.05) is 6.20 Å². The highest BCUT2D eigenvalue weighted by Gasteiger charge is 2.02. The van der Waals surface area contributed by atoms with Crippen molar-refractivity contribution in [3.63, 3.8) is 0 Å². The molecule has 0 bridgehead atoms. The van der Waals surface area contributed by atoms with Gasteiger partial charge in [0, 0.05) is 31.0 Å². The fourth-order valence-electron chi connectivity index (χ4n) is 1.27. The molecule has 0 spiro atoms. The zero-order valence-corrected chi connectivity index (χ0v) is 10.4. The number of nitrogens with one attached hydrogen (secondary N) is 2. The van der Waals surface area contributed by atoms with Crippen LogP contribution in [0.2, 0.25) is 0 Å². The summed E-state index contributed by atoms with van der Waals surface area (Å²) in [6.45, 7) is 9.41. The molecule has 0 atom stereocenters. The van der Waals surface area contributed by atoms with Crippen LogP contribution in [0.5, 0.6) is 0 Å². The maximum absolute atomic E-state index is 11.4. The van der Waals surface area contributed by atoms with Crippen molar-refractivity contribution in [1.29, 1.82) is 0 Å². The molecule has 2 N–H and O–H groups in total. The summed E-state index contributed by atoms with van der Waals surface area (Å²) >= 11 is 0. The molecule has 1 aromatic heterocycles. The summed E-state index contributed by atoms with van der Waals surface area (Å²) in [5.74, 6) is 0.500. The second kappa shape index (κ2) is 6.85. The van der Waals surface area contributed by atoms with Crippen molar-refractivity contribution in [1.82, 2.24) is 20.4 Å².